The van der Waals surface area contributed by atoms with Crippen LogP contribution in [0.2, 0.25) is 0 Å². The number of ketones is 1. The summed E-state index contributed by atoms with van der Waals surface area (Å²) in [5.41, 5.74) is 1.90. The van der Waals surface area contributed by atoms with Gasteiger partial charge in [0.1, 0.15) is 0 Å². The van der Waals surface area contributed by atoms with E-state index >= 15 is 0 Å². The third-order valence-corrected chi connectivity index (χ3v) is 3.16. The van der Waals surface area contributed by atoms with Crippen molar-refractivity contribution in [3.8, 4) is 6.07 Å². The zero-order valence-electron chi connectivity index (χ0n) is 10.8. The molecule has 20 heavy (non-hydrogen) atoms. The molecular weight excluding hydrogens is 256 g/mol. The quantitative estimate of drug-likeness (QED) is 0.623. The minimum Gasteiger partial charge on any atom is -0.481 e. The van der Waals surface area contributed by atoms with E-state index in [1.54, 1.807) is 24.4 Å². The number of carbonyl (C=O) groups excluding carboxylic acids is 1. The lowest BCUT2D eigenvalue weighted by atomic mass is 10.0. The minimum atomic E-state index is -0.839. The highest BCUT2D eigenvalue weighted by molar-refractivity contribution is 6.08. The van der Waals surface area contributed by atoms with E-state index in [2.05, 4.69) is 4.98 Å². The van der Waals surface area contributed by atoms with Gasteiger partial charge in [-0.1, -0.05) is 6.07 Å². The zero-order chi connectivity index (χ0) is 14.5. The fourth-order valence-electron chi connectivity index (χ4n) is 2.12. The van der Waals surface area contributed by atoms with E-state index in [9.17, 15) is 9.59 Å². The summed E-state index contributed by atoms with van der Waals surface area (Å²) in [6.07, 6.45) is 3.13. The lowest BCUT2D eigenvalue weighted by Gasteiger charge is -1.99. The average Bonchev–Trinajstić information content (AvgIpc) is 2.86. The fraction of sp³-hybridized carbons (Fsp3) is 0.267. The lowest BCUT2D eigenvalue weighted by molar-refractivity contribution is -0.137. The largest absolute Gasteiger partial charge is 0.481 e. The smallest absolute Gasteiger partial charge is 0.303 e. The summed E-state index contributed by atoms with van der Waals surface area (Å²) >= 11 is 0. The number of nitriles is 1. The van der Waals surface area contributed by atoms with E-state index in [1.807, 2.05) is 6.07 Å². The van der Waals surface area contributed by atoms with E-state index in [0.717, 1.165) is 10.9 Å². The zero-order valence-corrected chi connectivity index (χ0v) is 10.8. The molecular formula is C15H14N2O3. The molecule has 0 saturated carbocycles. The van der Waals surface area contributed by atoms with Crippen molar-refractivity contribution in [2.24, 2.45) is 0 Å². The second-order valence-electron chi connectivity index (χ2n) is 4.60. The molecule has 2 rings (SSSR count). The Hall–Kier alpha value is -2.61. The first kappa shape index (κ1) is 13.8. The molecule has 0 saturated heterocycles. The van der Waals surface area contributed by atoms with E-state index in [-0.39, 0.29) is 12.2 Å². The highest BCUT2D eigenvalue weighted by atomic mass is 16.4. The van der Waals surface area contributed by atoms with E-state index in [1.165, 1.54) is 0 Å². The van der Waals surface area contributed by atoms with Crippen molar-refractivity contribution in [3.05, 3.63) is 35.5 Å². The van der Waals surface area contributed by atoms with Crippen molar-refractivity contribution in [3.63, 3.8) is 0 Å². The van der Waals surface area contributed by atoms with Crippen LogP contribution in [-0.4, -0.2) is 21.8 Å². The molecule has 5 nitrogen and oxygen atoms in total. The molecule has 2 N–H and O–H groups in total. The van der Waals surface area contributed by atoms with Crippen LogP contribution in [0, 0.1) is 11.3 Å². The number of hydrogen-bond donors (Lipinski definition) is 2. The minimum absolute atomic E-state index is 0.00801. The Bertz CT molecular complexity index is 695. The number of carboxylic acid groups (broad SMARTS) is 1. The Kier molecular flexibility index (Phi) is 4.16. The molecule has 1 aromatic heterocycles. The number of fused-ring (bicyclic) bond motifs is 1. The number of aliphatic carboxylic acids is 1. The van der Waals surface area contributed by atoms with Crippen molar-refractivity contribution in [2.45, 2.75) is 25.7 Å². The van der Waals surface area contributed by atoms with Gasteiger partial charge in [-0.25, -0.2) is 0 Å². The van der Waals surface area contributed by atoms with Gasteiger partial charge in [0.25, 0.3) is 0 Å². The van der Waals surface area contributed by atoms with Crippen LogP contribution in [0.5, 0.6) is 0 Å². The van der Waals surface area contributed by atoms with Crippen LogP contribution in [0.15, 0.2) is 24.4 Å². The van der Waals surface area contributed by atoms with Crippen LogP contribution in [0.3, 0.4) is 0 Å². The van der Waals surface area contributed by atoms with E-state index in [4.69, 9.17) is 10.4 Å². The molecule has 102 valence electrons. The van der Waals surface area contributed by atoms with Gasteiger partial charge in [0.2, 0.25) is 0 Å². The van der Waals surface area contributed by atoms with Crippen LogP contribution < -0.4 is 0 Å². The molecule has 0 aliphatic rings. The lowest BCUT2D eigenvalue weighted by Crippen LogP contribution is -1.99. The van der Waals surface area contributed by atoms with Crippen molar-refractivity contribution in [2.75, 3.05) is 0 Å². The summed E-state index contributed by atoms with van der Waals surface area (Å²) < 4.78 is 0. The summed E-state index contributed by atoms with van der Waals surface area (Å²) in [6.45, 7) is 0. The Morgan fingerprint density at radius 3 is 2.70 bits per heavy atom. The molecule has 0 unspecified atom stereocenters. The van der Waals surface area contributed by atoms with Gasteiger partial charge in [-0.15, -0.1) is 0 Å². The van der Waals surface area contributed by atoms with Crippen molar-refractivity contribution >= 4 is 22.7 Å². The number of carboxylic acids is 1. The number of Topliss-reactive ketones (excluding diaryl/α,β-unsaturated/α-hetero) is 1. The van der Waals surface area contributed by atoms with Gasteiger partial charge in [0.05, 0.1) is 11.6 Å². The fourth-order valence-corrected chi connectivity index (χ4v) is 2.12. The number of carbonyl (C=O) groups is 2. The SMILES string of the molecule is N#Cc1ccc2c(C(=O)CCCCC(=O)O)c[nH]c2c1. The number of benzene rings is 1. The maximum Gasteiger partial charge on any atom is 0.303 e. The van der Waals surface area contributed by atoms with Gasteiger partial charge in [-0.2, -0.15) is 5.26 Å². The van der Waals surface area contributed by atoms with Crippen LogP contribution in [0.1, 0.15) is 41.6 Å². The van der Waals surface area contributed by atoms with Gasteiger partial charge >= 0.3 is 5.97 Å². The number of unbranched alkanes of at least 4 members (excludes halogenated alkanes) is 1. The Morgan fingerprint density at radius 1 is 1.25 bits per heavy atom. The topological polar surface area (TPSA) is 93.9 Å². The highest BCUT2D eigenvalue weighted by Gasteiger charge is 2.12. The molecule has 0 spiro atoms. The van der Waals surface area contributed by atoms with Crippen LogP contribution >= 0.6 is 0 Å². The number of nitrogens with one attached hydrogen (secondary N) is 1. The molecule has 0 amide bonds. The molecule has 0 atom stereocenters. The maximum absolute atomic E-state index is 12.1. The molecule has 0 aliphatic heterocycles. The second-order valence-corrected chi connectivity index (χ2v) is 4.60. The molecule has 5 heteroatoms. The monoisotopic (exact) mass is 270 g/mol. The maximum atomic E-state index is 12.1. The van der Waals surface area contributed by atoms with Crippen LogP contribution in [0.25, 0.3) is 10.9 Å². The number of nitrogens with zero attached hydrogens (tertiary/aromatic N) is 1. The van der Waals surface area contributed by atoms with E-state index in [0.29, 0.717) is 30.4 Å². The first-order valence-corrected chi connectivity index (χ1v) is 6.38. The summed E-state index contributed by atoms with van der Waals surface area (Å²) in [5.74, 6) is -0.847. The van der Waals surface area contributed by atoms with Gasteiger partial charge in [0, 0.05) is 35.5 Å². The highest BCUT2D eigenvalue weighted by Crippen LogP contribution is 2.21. The number of rotatable bonds is 6. The van der Waals surface area contributed by atoms with Crippen LogP contribution in [-0.2, 0) is 4.79 Å². The number of aromatic nitrogens is 1. The first-order chi connectivity index (χ1) is 9.61. The third kappa shape index (κ3) is 3.04. The third-order valence-electron chi connectivity index (χ3n) is 3.16. The predicted molar refractivity (Wildman–Crippen MR) is 73.4 cm³/mol. The molecule has 0 aliphatic carbocycles. The number of aromatic amines is 1. The van der Waals surface area contributed by atoms with Gasteiger partial charge in [-0.05, 0) is 25.0 Å². The molecule has 2 aromatic rings. The molecule has 1 aromatic carbocycles. The molecule has 0 fully saturated rings. The summed E-state index contributed by atoms with van der Waals surface area (Å²) in [7, 11) is 0. The summed E-state index contributed by atoms with van der Waals surface area (Å²) in [5, 5.41) is 18.2. The molecule has 0 bridgehead atoms. The van der Waals surface area contributed by atoms with E-state index < -0.39 is 5.97 Å². The molecule has 0 radical (unpaired) electrons. The summed E-state index contributed by atoms with van der Waals surface area (Å²) in [6, 6.07) is 7.19. The van der Waals surface area contributed by atoms with Crippen molar-refractivity contribution in [1.82, 2.24) is 4.98 Å². The predicted octanol–water partition coefficient (Wildman–Crippen LogP) is 2.87. The Balaban J connectivity index is 2.07. The number of hydrogen-bond acceptors (Lipinski definition) is 3. The normalized spacial score (nSPS) is 10.3. The van der Waals surface area contributed by atoms with Gasteiger partial charge in [0.15, 0.2) is 5.78 Å². The Morgan fingerprint density at radius 2 is 2.00 bits per heavy atom. The first-order valence-electron chi connectivity index (χ1n) is 6.38. The second kappa shape index (κ2) is 6.02. The van der Waals surface area contributed by atoms with Crippen molar-refractivity contribution < 1.29 is 14.7 Å². The standard InChI is InChI=1S/C15H14N2O3/c16-8-10-5-6-11-12(9-17-13(11)7-10)14(18)3-1-2-4-15(19)20/h5-7,9,17H,1-4H2,(H,19,20). The van der Waals surface area contributed by atoms with Gasteiger partial charge < -0.3 is 10.1 Å². The Labute approximate surface area is 115 Å². The van der Waals surface area contributed by atoms with Gasteiger partial charge in [-0.3, -0.25) is 9.59 Å². The van der Waals surface area contributed by atoms with Crippen LogP contribution in [0.4, 0.5) is 0 Å². The summed E-state index contributed by atoms with van der Waals surface area (Å²) in [4.78, 5) is 25.5. The van der Waals surface area contributed by atoms with Crippen molar-refractivity contribution in [1.29, 1.82) is 5.26 Å². The molecule has 1 heterocycles. The number of H-pyrrole nitrogens is 1. The average molecular weight is 270 g/mol.